The Balaban J connectivity index is 3.78. The molecule has 0 aromatic heterocycles. The number of hydrogen-bond acceptors (Lipinski definition) is 4. The van der Waals surface area contributed by atoms with E-state index < -0.39 is 18.9 Å². The molecule has 0 saturated heterocycles. The zero-order chi connectivity index (χ0) is 11.7. The SMILES string of the molecule is CCOC(=O)CCN(CCO)CC(F)F. The lowest BCUT2D eigenvalue weighted by molar-refractivity contribution is -0.143. The van der Waals surface area contributed by atoms with E-state index in [1.54, 1.807) is 6.92 Å². The van der Waals surface area contributed by atoms with Gasteiger partial charge in [0.15, 0.2) is 0 Å². The fourth-order valence-corrected chi connectivity index (χ4v) is 1.11. The number of rotatable bonds is 8. The zero-order valence-corrected chi connectivity index (χ0v) is 8.79. The summed E-state index contributed by atoms with van der Waals surface area (Å²) < 4.78 is 28.7. The van der Waals surface area contributed by atoms with Crippen LogP contribution in [0.2, 0.25) is 0 Å². The van der Waals surface area contributed by atoms with Gasteiger partial charge in [-0.05, 0) is 6.92 Å². The quantitative estimate of drug-likeness (QED) is 0.611. The highest BCUT2D eigenvalue weighted by molar-refractivity contribution is 5.69. The summed E-state index contributed by atoms with van der Waals surface area (Å²) in [6, 6.07) is 0. The standard InChI is InChI=1S/C9H17F2NO3/c1-2-15-9(14)3-4-12(5-6-13)7-8(10)11/h8,13H,2-7H2,1H3. The van der Waals surface area contributed by atoms with Gasteiger partial charge < -0.3 is 9.84 Å². The van der Waals surface area contributed by atoms with Crippen LogP contribution in [0.3, 0.4) is 0 Å². The van der Waals surface area contributed by atoms with Gasteiger partial charge in [-0.25, -0.2) is 8.78 Å². The van der Waals surface area contributed by atoms with Crippen LogP contribution in [0.1, 0.15) is 13.3 Å². The second-order valence-electron chi connectivity index (χ2n) is 2.97. The van der Waals surface area contributed by atoms with E-state index in [1.807, 2.05) is 0 Å². The molecule has 0 atom stereocenters. The smallest absolute Gasteiger partial charge is 0.307 e. The number of ether oxygens (including phenoxy) is 1. The molecular weight excluding hydrogens is 208 g/mol. The van der Waals surface area contributed by atoms with E-state index in [9.17, 15) is 13.6 Å². The fraction of sp³-hybridized carbons (Fsp3) is 0.889. The summed E-state index contributed by atoms with van der Waals surface area (Å²) in [5.74, 6) is -0.408. The third kappa shape index (κ3) is 8.26. The molecule has 15 heavy (non-hydrogen) atoms. The molecule has 0 rings (SSSR count). The molecule has 0 aromatic carbocycles. The Morgan fingerprint density at radius 3 is 2.60 bits per heavy atom. The van der Waals surface area contributed by atoms with Gasteiger partial charge in [-0.3, -0.25) is 9.69 Å². The molecular formula is C9H17F2NO3. The number of aliphatic hydroxyl groups is 1. The summed E-state index contributed by atoms with van der Waals surface area (Å²) in [5.41, 5.74) is 0. The molecule has 0 aliphatic carbocycles. The lowest BCUT2D eigenvalue weighted by atomic mass is 10.3. The second-order valence-corrected chi connectivity index (χ2v) is 2.97. The Labute approximate surface area is 87.8 Å². The number of hydrogen-bond donors (Lipinski definition) is 1. The first-order valence-electron chi connectivity index (χ1n) is 4.87. The second kappa shape index (κ2) is 8.55. The van der Waals surface area contributed by atoms with E-state index >= 15 is 0 Å². The van der Waals surface area contributed by atoms with E-state index in [0.717, 1.165) is 0 Å². The van der Waals surface area contributed by atoms with Crippen LogP contribution in [0.5, 0.6) is 0 Å². The van der Waals surface area contributed by atoms with Gasteiger partial charge in [0.1, 0.15) is 0 Å². The minimum atomic E-state index is -2.46. The van der Waals surface area contributed by atoms with Crippen LogP contribution in [0, 0.1) is 0 Å². The van der Waals surface area contributed by atoms with Gasteiger partial charge in [-0.2, -0.15) is 0 Å². The molecule has 0 saturated carbocycles. The highest BCUT2D eigenvalue weighted by Crippen LogP contribution is 2.00. The van der Waals surface area contributed by atoms with Crippen LogP contribution in [-0.2, 0) is 9.53 Å². The Morgan fingerprint density at radius 1 is 1.47 bits per heavy atom. The number of aliphatic hydroxyl groups excluding tert-OH is 1. The van der Waals surface area contributed by atoms with Crippen molar-refractivity contribution in [2.75, 3.05) is 32.8 Å². The first kappa shape index (κ1) is 14.2. The summed E-state index contributed by atoms with van der Waals surface area (Å²) in [5, 5.41) is 8.62. The zero-order valence-electron chi connectivity index (χ0n) is 8.79. The summed E-state index contributed by atoms with van der Waals surface area (Å²) >= 11 is 0. The van der Waals surface area contributed by atoms with Crippen molar-refractivity contribution in [3.63, 3.8) is 0 Å². The van der Waals surface area contributed by atoms with Gasteiger partial charge in [-0.1, -0.05) is 0 Å². The molecule has 0 aromatic rings. The van der Waals surface area contributed by atoms with Gasteiger partial charge in [0, 0.05) is 13.1 Å². The first-order valence-corrected chi connectivity index (χ1v) is 4.87. The van der Waals surface area contributed by atoms with E-state index in [-0.39, 0.29) is 32.7 Å². The van der Waals surface area contributed by atoms with Crippen LogP contribution < -0.4 is 0 Å². The molecule has 0 radical (unpaired) electrons. The van der Waals surface area contributed by atoms with Gasteiger partial charge in [0.05, 0.1) is 26.2 Å². The molecule has 0 bridgehead atoms. The number of esters is 1. The van der Waals surface area contributed by atoms with Crippen molar-refractivity contribution in [3.8, 4) is 0 Å². The summed E-state index contributed by atoms with van der Waals surface area (Å²) in [6.07, 6.45) is -2.39. The van der Waals surface area contributed by atoms with E-state index in [2.05, 4.69) is 4.74 Å². The van der Waals surface area contributed by atoms with Crippen molar-refractivity contribution >= 4 is 5.97 Å². The van der Waals surface area contributed by atoms with Gasteiger partial charge >= 0.3 is 5.97 Å². The summed E-state index contributed by atoms with van der Waals surface area (Å²) in [7, 11) is 0. The van der Waals surface area contributed by atoms with Crippen LogP contribution >= 0.6 is 0 Å². The van der Waals surface area contributed by atoms with Crippen molar-refractivity contribution in [2.45, 2.75) is 19.8 Å². The number of carbonyl (C=O) groups excluding carboxylic acids is 1. The Bertz CT molecular complexity index is 179. The Hall–Kier alpha value is -0.750. The summed E-state index contributed by atoms with van der Waals surface area (Å²) in [4.78, 5) is 12.3. The Morgan fingerprint density at radius 2 is 2.13 bits per heavy atom. The predicted octanol–water partition coefficient (Wildman–Crippen LogP) is 0.499. The van der Waals surface area contributed by atoms with Crippen molar-refractivity contribution < 1.29 is 23.4 Å². The van der Waals surface area contributed by atoms with Crippen molar-refractivity contribution in [3.05, 3.63) is 0 Å². The molecule has 0 spiro atoms. The molecule has 0 aliphatic heterocycles. The highest BCUT2D eigenvalue weighted by atomic mass is 19.3. The minimum absolute atomic E-state index is 0.0700. The third-order valence-corrected chi connectivity index (χ3v) is 1.75. The van der Waals surface area contributed by atoms with E-state index in [0.29, 0.717) is 0 Å². The molecule has 4 nitrogen and oxygen atoms in total. The molecule has 0 aliphatic rings. The lowest BCUT2D eigenvalue weighted by Gasteiger charge is -2.19. The average molecular weight is 225 g/mol. The van der Waals surface area contributed by atoms with Crippen molar-refractivity contribution in [1.82, 2.24) is 4.90 Å². The molecule has 0 unspecified atom stereocenters. The van der Waals surface area contributed by atoms with Gasteiger partial charge in [0.2, 0.25) is 0 Å². The lowest BCUT2D eigenvalue weighted by Crippen LogP contribution is -2.33. The Kier molecular flexibility index (Phi) is 8.12. The summed E-state index contributed by atoms with van der Waals surface area (Å²) in [6.45, 7) is 1.67. The topological polar surface area (TPSA) is 49.8 Å². The molecule has 90 valence electrons. The fourth-order valence-electron chi connectivity index (χ4n) is 1.11. The van der Waals surface area contributed by atoms with Crippen LogP contribution in [0.25, 0.3) is 0 Å². The normalized spacial score (nSPS) is 11.1. The maximum Gasteiger partial charge on any atom is 0.307 e. The molecule has 0 heterocycles. The monoisotopic (exact) mass is 225 g/mol. The van der Waals surface area contributed by atoms with Crippen molar-refractivity contribution in [2.24, 2.45) is 0 Å². The molecule has 0 fully saturated rings. The largest absolute Gasteiger partial charge is 0.466 e. The van der Waals surface area contributed by atoms with Gasteiger partial charge in [-0.15, -0.1) is 0 Å². The third-order valence-electron chi connectivity index (χ3n) is 1.75. The maximum absolute atomic E-state index is 12.0. The van der Waals surface area contributed by atoms with Crippen LogP contribution in [-0.4, -0.2) is 55.2 Å². The van der Waals surface area contributed by atoms with E-state index in [1.165, 1.54) is 4.90 Å². The highest BCUT2D eigenvalue weighted by Gasteiger charge is 2.13. The van der Waals surface area contributed by atoms with Crippen LogP contribution in [0.15, 0.2) is 0 Å². The molecule has 0 amide bonds. The minimum Gasteiger partial charge on any atom is -0.466 e. The maximum atomic E-state index is 12.0. The van der Waals surface area contributed by atoms with E-state index in [4.69, 9.17) is 5.11 Å². The molecule has 1 N–H and O–H groups in total. The average Bonchev–Trinajstić information content (AvgIpc) is 2.14. The first-order chi connectivity index (χ1) is 7.10. The van der Waals surface area contributed by atoms with Crippen LogP contribution in [0.4, 0.5) is 8.78 Å². The van der Waals surface area contributed by atoms with Gasteiger partial charge in [0.25, 0.3) is 6.43 Å². The van der Waals surface area contributed by atoms with Crippen molar-refractivity contribution in [1.29, 1.82) is 0 Å². The molecule has 6 heteroatoms. The number of carbonyl (C=O) groups is 1. The number of halogens is 2. The predicted molar refractivity (Wildman–Crippen MR) is 50.8 cm³/mol. The number of nitrogens with zero attached hydrogens (tertiary/aromatic N) is 1. The number of alkyl halides is 2.